The van der Waals surface area contributed by atoms with Crippen molar-refractivity contribution >= 4 is 11.8 Å². The Hall–Kier alpha value is -3.75. The topological polar surface area (TPSA) is 105 Å². The summed E-state index contributed by atoms with van der Waals surface area (Å²) in [5.74, 6) is 1.09. The molecule has 0 radical (unpaired) electrons. The maximum Gasteiger partial charge on any atom is 0.308 e. The highest BCUT2D eigenvalue weighted by Crippen LogP contribution is 2.19. The lowest BCUT2D eigenvalue weighted by Gasteiger charge is -2.05. The van der Waals surface area contributed by atoms with Crippen LogP contribution in [0, 0.1) is 0 Å². The van der Waals surface area contributed by atoms with E-state index in [1.807, 2.05) is 24.3 Å². The smallest absolute Gasteiger partial charge is 0.308 e. The number of rotatable bonds is 12. The second-order valence-corrected chi connectivity index (χ2v) is 7.00. The Morgan fingerprint density at radius 2 is 1.72 bits per heavy atom. The molecule has 1 aromatic heterocycles. The van der Waals surface area contributed by atoms with Crippen LogP contribution in [0.5, 0.6) is 11.5 Å². The number of unbranched alkanes of at least 4 members (excludes halogenated alkanes) is 1. The van der Waals surface area contributed by atoms with E-state index in [0.717, 1.165) is 24.2 Å². The molecule has 0 fully saturated rings. The van der Waals surface area contributed by atoms with E-state index < -0.39 is 5.97 Å². The van der Waals surface area contributed by atoms with Crippen LogP contribution in [0.15, 0.2) is 48.5 Å². The summed E-state index contributed by atoms with van der Waals surface area (Å²) in [7, 11) is 1.55. The zero-order valence-electron chi connectivity index (χ0n) is 18.2. The Morgan fingerprint density at radius 1 is 1.00 bits per heavy atom. The normalized spacial score (nSPS) is 10.6. The number of aryl methyl sites for hydroxylation is 1. The molecule has 0 aliphatic rings. The summed E-state index contributed by atoms with van der Waals surface area (Å²) >= 11 is 0. The highest BCUT2D eigenvalue weighted by Gasteiger charge is 2.12. The fourth-order valence-corrected chi connectivity index (χ4v) is 2.76. The molecule has 0 saturated heterocycles. The van der Waals surface area contributed by atoms with Crippen LogP contribution in [-0.4, -0.2) is 52.3 Å². The van der Waals surface area contributed by atoms with Gasteiger partial charge in [-0.05, 0) is 60.2 Å². The molecule has 1 heterocycles. The number of hydrogen-bond acceptors (Lipinski definition) is 8. The molecule has 0 unspecified atom stereocenters. The molecular weight excluding hydrogens is 412 g/mol. The molecule has 0 atom stereocenters. The Balaban J connectivity index is 1.44. The molecule has 32 heavy (non-hydrogen) atoms. The van der Waals surface area contributed by atoms with Gasteiger partial charge in [-0.3, -0.25) is 9.59 Å². The lowest BCUT2D eigenvalue weighted by molar-refractivity contribution is -0.142. The first-order chi connectivity index (χ1) is 15.6. The number of ketones is 1. The summed E-state index contributed by atoms with van der Waals surface area (Å²) < 4.78 is 15.8. The fourth-order valence-electron chi connectivity index (χ4n) is 2.76. The van der Waals surface area contributed by atoms with Crippen LogP contribution < -0.4 is 9.47 Å². The maximum atomic E-state index is 12.1. The van der Waals surface area contributed by atoms with E-state index in [2.05, 4.69) is 22.3 Å². The number of tetrazole rings is 1. The average molecular weight is 438 g/mol. The molecule has 0 aliphatic heterocycles. The van der Waals surface area contributed by atoms with Crippen molar-refractivity contribution in [1.82, 2.24) is 20.2 Å². The van der Waals surface area contributed by atoms with Gasteiger partial charge in [-0.25, -0.2) is 0 Å². The van der Waals surface area contributed by atoms with Gasteiger partial charge in [-0.1, -0.05) is 13.3 Å². The van der Waals surface area contributed by atoms with Gasteiger partial charge < -0.3 is 14.2 Å². The predicted molar refractivity (Wildman–Crippen MR) is 117 cm³/mol. The number of ether oxygens (including phenoxy) is 3. The Morgan fingerprint density at radius 3 is 2.41 bits per heavy atom. The van der Waals surface area contributed by atoms with Crippen molar-refractivity contribution in [2.45, 2.75) is 32.7 Å². The first kappa shape index (κ1) is 22.9. The van der Waals surface area contributed by atoms with Crippen molar-refractivity contribution in [1.29, 1.82) is 0 Å². The first-order valence-electron chi connectivity index (χ1n) is 10.4. The number of methoxy groups -OCH3 is 1. The minimum Gasteiger partial charge on any atom is -0.497 e. The van der Waals surface area contributed by atoms with Gasteiger partial charge in [0.1, 0.15) is 11.5 Å². The molecule has 0 N–H and O–H groups in total. The maximum absolute atomic E-state index is 12.1. The van der Waals surface area contributed by atoms with Gasteiger partial charge in [0.25, 0.3) is 0 Å². The highest BCUT2D eigenvalue weighted by atomic mass is 16.5. The van der Waals surface area contributed by atoms with Crippen LogP contribution >= 0.6 is 0 Å². The number of benzene rings is 2. The van der Waals surface area contributed by atoms with E-state index in [1.54, 1.807) is 31.4 Å². The van der Waals surface area contributed by atoms with E-state index in [9.17, 15) is 9.59 Å². The minimum atomic E-state index is -0.515. The van der Waals surface area contributed by atoms with Gasteiger partial charge in [-0.2, -0.15) is 4.80 Å². The number of Topliss-reactive ketones (excluding diaryl/α,β-unsaturated/α-hetero) is 1. The number of esters is 1. The molecule has 9 nitrogen and oxygen atoms in total. The van der Waals surface area contributed by atoms with Crippen LogP contribution in [0.2, 0.25) is 0 Å². The van der Waals surface area contributed by atoms with Crippen LogP contribution in [0.4, 0.5) is 0 Å². The number of carbonyl (C=O) groups excluding carboxylic acids is 2. The Kier molecular flexibility index (Phi) is 8.30. The zero-order chi connectivity index (χ0) is 22.8. The predicted octanol–water partition coefficient (Wildman–Crippen LogP) is 3.34. The third kappa shape index (κ3) is 6.63. The van der Waals surface area contributed by atoms with Gasteiger partial charge in [0.15, 0.2) is 12.4 Å². The number of aromatic nitrogens is 4. The fraction of sp³-hybridized carbons (Fsp3) is 0.348. The Bertz CT molecular complexity index is 1020. The van der Waals surface area contributed by atoms with Crippen molar-refractivity contribution in [3.63, 3.8) is 0 Å². The molecule has 0 bridgehead atoms. The third-order valence-corrected chi connectivity index (χ3v) is 4.62. The number of hydrogen-bond donors (Lipinski definition) is 0. The first-order valence-corrected chi connectivity index (χ1v) is 10.4. The van der Waals surface area contributed by atoms with Crippen LogP contribution in [0.3, 0.4) is 0 Å². The second kappa shape index (κ2) is 11.6. The van der Waals surface area contributed by atoms with Crippen LogP contribution in [0.1, 0.15) is 36.5 Å². The molecule has 168 valence electrons. The molecule has 0 aliphatic carbocycles. The van der Waals surface area contributed by atoms with Crippen molar-refractivity contribution in [3.8, 4) is 22.9 Å². The quantitative estimate of drug-likeness (QED) is 0.241. The molecule has 3 aromatic rings. The average Bonchev–Trinajstić information content (AvgIpc) is 3.31. The summed E-state index contributed by atoms with van der Waals surface area (Å²) in [6.45, 7) is 2.67. The zero-order valence-corrected chi connectivity index (χ0v) is 18.2. The molecule has 2 aromatic carbocycles. The van der Waals surface area contributed by atoms with E-state index in [4.69, 9.17) is 14.2 Å². The van der Waals surface area contributed by atoms with Crippen LogP contribution in [-0.2, 0) is 16.1 Å². The van der Waals surface area contributed by atoms with Gasteiger partial charge >= 0.3 is 5.97 Å². The molecule has 0 spiro atoms. The minimum absolute atomic E-state index is 0.0237. The van der Waals surface area contributed by atoms with Crippen molar-refractivity contribution in [3.05, 3.63) is 54.1 Å². The van der Waals surface area contributed by atoms with Crippen LogP contribution in [0.25, 0.3) is 11.4 Å². The molecule has 0 amide bonds. The van der Waals surface area contributed by atoms with E-state index >= 15 is 0 Å². The van der Waals surface area contributed by atoms with Crippen molar-refractivity contribution < 1.29 is 23.8 Å². The second-order valence-electron chi connectivity index (χ2n) is 7.00. The summed E-state index contributed by atoms with van der Waals surface area (Å²) in [4.78, 5) is 25.4. The lowest BCUT2D eigenvalue weighted by Crippen LogP contribution is -2.16. The van der Waals surface area contributed by atoms with Gasteiger partial charge in [0.05, 0.1) is 26.7 Å². The summed E-state index contributed by atoms with van der Waals surface area (Å²) in [6, 6.07) is 14.1. The summed E-state index contributed by atoms with van der Waals surface area (Å²) in [5.41, 5.74) is 1.25. The molecule has 3 rings (SSSR count). The lowest BCUT2D eigenvalue weighted by atomic mass is 10.1. The van der Waals surface area contributed by atoms with Crippen molar-refractivity contribution in [2.24, 2.45) is 0 Å². The van der Waals surface area contributed by atoms with Gasteiger partial charge in [0.2, 0.25) is 5.82 Å². The standard InChI is InChI=1S/C23H26N4O5/c1-3-4-15-31-20-11-7-18(8-12-20)23-24-26-27(25-23)14-13-22(29)32-16-21(28)17-5-9-19(30-2)10-6-17/h5-12H,3-4,13-16H2,1-2H3. The molecule has 0 saturated carbocycles. The number of nitrogens with zero attached hydrogens (tertiary/aromatic N) is 4. The van der Waals surface area contributed by atoms with Crippen molar-refractivity contribution in [2.75, 3.05) is 20.3 Å². The third-order valence-electron chi connectivity index (χ3n) is 4.62. The summed E-state index contributed by atoms with van der Waals surface area (Å²) in [6.07, 6.45) is 2.11. The molecular formula is C23H26N4O5. The van der Waals surface area contributed by atoms with Gasteiger partial charge in [-0.15, -0.1) is 10.2 Å². The monoisotopic (exact) mass is 438 g/mol. The number of carbonyl (C=O) groups is 2. The van der Waals surface area contributed by atoms with E-state index in [0.29, 0.717) is 23.7 Å². The Labute approximate surface area is 186 Å². The largest absolute Gasteiger partial charge is 0.497 e. The molecule has 9 heteroatoms. The summed E-state index contributed by atoms with van der Waals surface area (Å²) in [5, 5.41) is 12.3. The van der Waals surface area contributed by atoms with E-state index in [1.165, 1.54) is 4.80 Å². The van der Waals surface area contributed by atoms with Gasteiger partial charge in [0, 0.05) is 11.1 Å². The highest BCUT2D eigenvalue weighted by molar-refractivity contribution is 5.98. The SMILES string of the molecule is CCCCOc1ccc(-c2nnn(CCC(=O)OCC(=O)c3ccc(OC)cc3)n2)cc1. The van der Waals surface area contributed by atoms with E-state index in [-0.39, 0.29) is 25.4 Å².